The zero-order valence-electron chi connectivity index (χ0n) is 17.9. The highest BCUT2D eigenvalue weighted by molar-refractivity contribution is 6.16. The van der Waals surface area contributed by atoms with Crippen LogP contribution in [0.15, 0.2) is 54.9 Å². The molecular formula is C24H25N7O. The maximum absolute atomic E-state index is 9.20. The van der Waals surface area contributed by atoms with Crippen LogP contribution in [0.25, 0.3) is 0 Å². The Hall–Kier alpha value is -4.12. The second-order valence-corrected chi connectivity index (χ2v) is 7.83. The lowest BCUT2D eigenvalue weighted by molar-refractivity contribution is 0.302. The van der Waals surface area contributed by atoms with E-state index in [0.29, 0.717) is 29.2 Å². The number of aromatic nitrogens is 2. The molecule has 2 heterocycles. The normalized spacial score (nSPS) is 15.6. The number of likely N-dealkylation sites (tertiary alicyclic amines) is 1. The zero-order valence-corrected chi connectivity index (χ0v) is 17.9. The van der Waals surface area contributed by atoms with Crippen LogP contribution in [0.4, 0.5) is 11.6 Å². The Kier molecular flexibility index (Phi) is 6.17. The van der Waals surface area contributed by atoms with E-state index in [4.69, 9.17) is 15.9 Å². The predicted molar refractivity (Wildman–Crippen MR) is 124 cm³/mol. The van der Waals surface area contributed by atoms with E-state index in [-0.39, 0.29) is 17.6 Å². The van der Waals surface area contributed by atoms with E-state index in [1.807, 2.05) is 55.5 Å². The van der Waals surface area contributed by atoms with Gasteiger partial charge in [0.25, 0.3) is 0 Å². The third-order valence-corrected chi connectivity index (χ3v) is 5.43. The van der Waals surface area contributed by atoms with Gasteiger partial charge in [-0.1, -0.05) is 17.7 Å². The number of ether oxygens (including phenoxy) is 1. The Labute approximate surface area is 187 Å². The Bertz CT molecular complexity index is 1140. The summed E-state index contributed by atoms with van der Waals surface area (Å²) in [6.45, 7) is 3.39. The van der Waals surface area contributed by atoms with Crippen molar-refractivity contribution in [2.24, 2.45) is 0 Å². The molecule has 3 aromatic rings. The lowest BCUT2D eigenvalue weighted by Crippen LogP contribution is -2.40. The topological polar surface area (TPSA) is 124 Å². The van der Waals surface area contributed by atoms with Gasteiger partial charge in [0.15, 0.2) is 6.19 Å². The summed E-state index contributed by atoms with van der Waals surface area (Å²) < 4.78 is 5.88. The summed E-state index contributed by atoms with van der Waals surface area (Å²) in [5.41, 5.74) is 8.66. The summed E-state index contributed by atoms with van der Waals surface area (Å²) in [6.07, 6.45) is 5.42. The number of benzene rings is 2. The first-order valence-electron chi connectivity index (χ1n) is 10.5. The van der Waals surface area contributed by atoms with Crippen LogP contribution >= 0.6 is 0 Å². The molecule has 1 fully saturated rings. The minimum absolute atomic E-state index is 0.0505. The van der Waals surface area contributed by atoms with Gasteiger partial charge in [-0.15, -0.1) is 0 Å². The number of piperidine rings is 1. The molecule has 1 aromatic heterocycles. The fourth-order valence-electron chi connectivity index (χ4n) is 3.71. The number of nitrogens with one attached hydrogen (secondary N) is 2. The number of nitrogen functional groups attached to an aromatic ring is 1. The Balaban J connectivity index is 1.52. The molecule has 4 rings (SSSR count). The molecule has 162 valence electrons. The van der Waals surface area contributed by atoms with Crippen molar-refractivity contribution in [2.45, 2.75) is 25.8 Å². The largest absolute Gasteiger partial charge is 0.457 e. The molecule has 1 aliphatic heterocycles. The van der Waals surface area contributed by atoms with Gasteiger partial charge < -0.3 is 20.7 Å². The molecule has 0 amide bonds. The van der Waals surface area contributed by atoms with Crippen LogP contribution < -0.4 is 15.8 Å². The summed E-state index contributed by atoms with van der Waals surface area (Å²) in [5, 5.41) is 21.3. The van der Waals surface area contributed by atoms with Crippen molar-refractivity contribution in [3.05, 3.63) is 71.5 Å². The minimum atomic E-state index is 0.0505. The molecule has 4 N–H and O–H groups in total. The van der Waals surface area contributed by atoms with Gasteiger partial charge in [0.05, 0.1) is 11.3 Å². The Morgan fingerprint density at radius 3 is 2.53 bits per heavy atom. The molecule has 1 atom stereocenters. The number of rotatable bonds is 6. The summed E-state index contributed by atoms with van der Waals surface area (Å²) in [5.74, 6) is 2.18. The molecule has 0 bridgehead atoms. The number of aryl methyl sites for hydroxylation is 1. The van der Waals surface area contributed by atoms with E-state index in [9.17, 15) is 5.26 Å². The van der Waals surface area contributed by atoms with Crippen molar-refractivity contribution in [3.8, 4) is 17.7 Å². The van der Waals surface area contributed by atoms with Crippen molar-refractivity contribution in [1.29, 1.82) is 10.7 Å². The minimum Gasteiger partial charge on any atom is -0.457 e. The van der Waals surface area contributed by atoms with Crippen molar-refractivity contribution in [3.63, 3.8) is 0 Å². The Morgan fingerprint density at radius 1 is 1.16 bits per heavy atom. The Morgan fingerprint density at radius 2 is 1.84 bits per heavy atom. The number of nitrogens with zero attached hydrogens (tertiary/aromatic N) is 4. The number of nitriles is 1. The van der Waals surface area contributed by atoms with Crippen molar-refractivity contribution in [2.75, 3.05) is 24.1 Å². The molecule has 0 radical (unpaired) electrons. The van der Waals surface area contributed by atoms with E-state index in [1.165, 1.54) is 11.9 Å². The second-order valence-electron chi connectivity index (χ2n) is 7.83. The molecule has 1 saturated heterocycles. The summed E-state index contributed by atoms with van der Waals surface area (Å²) in [4.78, 5) is 10.2. The first-order chi connectivity index (χ1) is 15.5. The van der Waals surface area contributed by atoms with E-state index in [0.717, 1.165) is 25.1 Å². The molecule has 32 heavy (non-hydrogen) atoms. The second kappa shape index (κ2) is 9.35. The maximum Gasteiger partial charge on any atom is 0.179 e. The summed E-state index contributed by atoms with van der Waals surface area (Å²) >= 11 is 0. The van der Waals surface area contributed by atoms with Gasteiger partial charge in [-0.05, 0) is 56.2 Å². The monoisotopic (exact) mass is 427 g/mol. The molecule has 8 heteroatoms. The number of hydrogen-bond acceptors (Lipinski definition) is 8. The highest BCUT2D eigenvalue weighted by Crippen LogP contribution is 2.26. The van der Waals surface area contributed by atoms with E-state index in [2.05, 4.69) is 21.5 Å². The SMILES string of the molecule is Cc1ccc(Oc2ccc(C(=N)c3c(N)ncnc3NC3CCCN(C#N)C3)cc2)cc1. The smallest absolute Gasteiger partial charge is 0.179 e. The third-order valence-electron chi connectivity index (χ3n) is 5.43. The summed E-state index contributed by atoms with van der Waals surface area (Å²) in [6, 6.07) is 15.2. The highest BCUT2D eigenvalue weighted by Gasteiger charge is 2.23. The number of nitrogens with two attached hydrogens (primary N) is 1. The van der Waals surface area contributed by atoms with E-state index in [1.54, 1.807) is 4.90 Å². The average Bonchev–Trinajstić information content (AvgIpc) is 2.81. The van der Waals surface area contributed by atoms with E-state index < -0.39 is 0 Å². The van der Waals surface area contributed by atoms with Crippen molar-refractivity contribution >= 4 is 17.3 Å². The first-order valence-corrected chi connectivity index (χ1v) is 10.5. The fourth-order valence-corrected chi connectivity index (χ4v) is 3.71. The van der Waals surface area contributed by atoms with Crippen molar-refractivity contribution < 1.29 is 4.74 Å². The van der Waals surface area contributed by atoms with Crippen LogP contribution in [0.3, 0.4) is 0 Å². The van der Waals surface area contributed by atoms with Crippen LogP contribution in [0, 0.1) is 23.8 Å². The van der Waals surface area contributed by atoms with Gasteiger partial charge in [-0.25, -0.2) is 9.97 Å². The van der Waals surface area contributed by atoms with Crippen LogP contribution in [-0.2, 0) is 0 Å². The molecule has 1 unspecified atom stereocenters. The number of hydrogen-bond donors (Lipinski definition) is 3. The van der Waals surface area contributed by atoms with Crippen LogP contribution in [0.5, 0.6) is 11.5 Å². The van der Waals surface area contributed by atoms with Gasteiger partial charge in [0, 0.05) is 24.7 Å². The zero-order chi connectivity index (χ0) is 22.5. The molecule has 0 saturated carbocycles. The quantitative estimate of drug-likeness (QED) is 0.402. The predicted octanol–water partition coefficient (Wildman–Crippen LogP) is 3.93. The standard InChI is InChI=1S/C24H25N7O/c1-16-4-8-19(9-5-16)32-20-10-6-17(7-11-20)22(26)21-23(27)28-15-29-24(21)30-18-3-2-12-31(13-18)14-25/h4-11,15,18,26H,2-3,12-13H2,1H3,(H3,27,28,29,30). The van der Waals surface area contributed by atoms with Crippen LogP contribution in [0.2, 0.25) is 0 Å². The average molecular weight is 428 g/mol. The first kappa shape index (κ1) is 21.1. The van der Waals surface area contributed by atoms with Gasteiger partial charge in [0.1, 0.15) is 29.5 Å². The number of anilines is 2. The lowest BCUT2D eigenvalue weighted by Gasteiger charge is -2.30. The molecule has 2 aromatic carbocycles. The molecule has 1 aliphatic rings. The van der Waals surface area contributed by atoms with E-state index >= 15 is 0 Å². The van der Waals surface area contributed by atoms with Gasteiger partial charge in [0.2, 0.25) is 0 Å². The fraction of sp³-hybridized carbons (Fsp3) is 0.250. The third kappa shape index (κ3) is 4.78. The molecular weight excluding hydrogens is 402 g/mol. The highest BCUT2D eigenvalue weighted by atomic mass is 16.5. The molecule has 0 spiro atoms. The summed E-state index contributed by atoms with van der Waals surface area (Å²) in [7, 11) is 0. The lowest BCUT2D eigenvalue weighted by atomic mass is 10.0. The van der Waals surface area contributed by atoms with Crippen LogP contribution in [0.1, 0.15) is 29.5 Å². The van der Waals surface area contributed by atoms with Crippen molar-refractivity contribution in [1.82, 2.24) is 14.9 Å². The van der Waals surface area contributed by atoms with Gasteiger partial charge >= 0.3 is 0 Å². The van der Waals surface area contributed by atoms with Gasteiger partial charge in [-0.2, -0.15) is 5.26 Å². The van der Waals surface area contributed by atoms with Gasteiger partial charge in [-0.3, -0.25) is 5.41 Å². The molecule has 8 nitrogen and oxygen atoms in total. The van der Waals surface area contributed by atoms with Crippen LogP contribution in [-0.4, -0.2) is 39.7 Å². The maximum atomic E-state index is 9.20. The molecule has 0 aliphatic carbocycles.